The van der Waals surface area contributed by atoms with Crippen LogP contribution in [-0.4, -0.2) is 39.6 Å². The molecule has 2 amide bonds. The lowest BCUT2D eigenvalue weighted by atomic mass is 10.2. The number of carbonyl (C=O) groups is 2. The highest BCUT2D eigenvalue weighted by atomic mass is 32.2. The van der Waals surface area contributed by atoms with Crippen LogP contribution in [0.1, 0.15) is 10.4 Å². The summed E-state index contributed by atoms with van der Waals surface area (Å²) in [4.78, 5) is 24.8. The summed E-state index contributed by atoms with van der Waals surface area (Å²) in [5.74, 6) is 6.93. The molecule has 0 unspecified atom stereocenters. The molecular formula is C22H20N6O4S. The number of thioether (sulfide) groups is 1. The van der Waals surface area contributed by atoms with Gasteiger partial charge >= 0.3 is 0 Å². The average Bonchev–Trinajstić information content (AvgIpc) is 3.48. The van der Waals surface area contributed by atoms with E-state index < -0.39 is 0 Å². The number of anilines is 2. The first kappa shape index (κ1) is 22.0. The van der Waals surface area contributed by atoms with Crippen LogP contribution in [0.2, 0.25) is 0 Å². The number of methoxy groups -OCH3 is 1. The Hall–Kier alpha value is -4.25. The van der Waals surface area contributed by atoms with Crippen LogP contribution < -0.4 is 21.2 Å². The van der Waals surface area contributed by atoms with Crippen molar-refractivity contribution in [1.29, 1.82) is 0 Å². The van der Waals surface area contributed by atoms with Gasteiger partial charge in [0.1, 0.15) is 5.75 Å². The zero-order valence-electron chi connectivity index (χ0n) is 17.5. The molecule has 11 heteroatoms. The van der Waals surface area contributed by atoms with Crippen molar-refractivity contribution in [2.24, 2.45) is 0 Å². The molecule has 0 saturated carbocycles. The summed E-state index contributed by atoms with van der Waals surface area (Å²) in [6.07, 6.45) is 1.51. The Balaban J connectivity index is 1.32. The topological polar surface area (TPSA) is 137 Å². The maximum atomic E-state index is 12.5. The zero-order chi connectivity index (χ0) is 23.2. The first-order valence-electron chi connectivity index (χ1n) is 9.76. The summed E-state index contributed by atoms with van der Waals surface area (Å²) in [6.45, 7) is 0. The molecule has 2 aromatic carbocycles. The summed E-state index contributed by atoms with van der Waals surface area (Å²) in [5, 5.41) is 13.9. The van der Waals surface area contributed by atoms with Crippen LogP contribution in [0, 0.1) is 0 Å². The largest absolute Gasteiger partial charge is 0.495 e. The van der Waals surface area contributed by atoms with Gasteiger partial charge in [0.2, 0.25) is 16.9 Å². The number of nitrogens with zero attached hydrogens (tertiary/aromatic N) is 3. The normalized spacial score (nSPS) is 10.6. The van der Waals surface area contributed by atoms with E-state index in [1.54, 1.807) is 54.6 Å². The number of amides is 2. The van der Waals surface area contributed by atoms with Gasteiger partial charge < -0.3 is 25.6 Å². The molecule has 0 radical (unpaired) electrons. The van der Waals surface area contributed by atoms with Gasteiger partial charge in [-0.2, -0.15) is 0 Å². The molecule has 0 aliphatic carbocycles. The fourth-order valence-corrected chi connectivity index (χ4v) is 3.58. The Morgan fingerprint density at radius 1 is 1.06 bits per heavy atom. The molecule has 2 heterocycles. The smallest absolute Gasteiger partial charge is 0.255 e. The Kier molecular flexibility index (Phi) is 6.60. The monoisotopic (exact) mass is 464 g/mol. The molecule has 4 aromatic rings. The van der Waals surface area contributed by atoms with Crippen molar-refractivity contribution in [1.82, 2.24) is 14.9 Å². The highest BCUT2D eigenvalue weighted by Crippen LogP contribution is 2.24. The van der Waals surface area contributed by atoms with E-state index in [0.717, 1.165) is 11.8 Å². The summed E-state index contributed by atoms with van der Waals surface area (Å²) in [6, 6.07) is 17.1. The lowest BCUT2D eigenvalue weighted by Gasteiger charge is -2.10. The molecule has 0 aliphatic heterocycles. The van der Waals surface area contributed by atoms with Gasteiger partial charge in [-0.1, -0.05) is 23.9 Å². The lowest BCUT2D eigenvalue weighted by molar-refractivity contribution is -0.113. The number of hydrogen-bond donors (Lipinski definition) is 3. The summed E-state index contributed by atoms with van der Waals surface area (Å²) >= 11 is 1.14. The molecule has 2 aromatic heterocycles. The Morgan fingerprint density at radius 2 is 1.85 bits per heavy atom. The molecule has 0 atom stereocenters. The number of ether oxygens (including phenoxy) is 1. The van der Waals surface area contributed by atoms with Crippen LogP contribution in [-0.2, 0) is 4.79 Å². The first-order chi connectivity index (χ1) is 16.0. The maximum absolute atomic E-state index is 12.5. The van der Waals surface area contributed by atoms with Crippen molar-refractivity contribution in [3.8, 4) is 17.3 Å². The van der Waals surface area contributed by atoms with Gasteiger partial charge in [0, 0.05) is 11.3 Å². The predicted molar refractivity (Wildman–Crippen MR) is 125 cm³/mol. The van der Waals surface area contributed by atoms with Crippen molar-refractivity contribution in [3.05, 3.63) is 72.5 Å². The van der Waals surface area contributed by atoms with E-state index in [2.05, 4.69) is 20.8 Å². The molecule has 33 heavy (non-hydrogen) atoms. The van der Waals surface area contributed by atoms with Gasteiger partial charge in [-0.05, 0) is 48.5 Å². The molecule has 168 valence electrons. The lowest BCUT2D eigenvalue weighted by Crippen LogP contribution is -2.17. The zero-order valence-corrected chi connectivity index (χ0v) is 18.3. The number of aromatic nitrogens is 3. The average molecular weight is 465 g/mol. The second kappa shape index (κ2) is 9.92. The van der Waals surface area contributed by atoms with Gasteiger partial charge in [-0.25, -0.2) is 4.68 Å². The number of rotatable bonds is 8. The minimum atomic E-state index is -0.289. The van der Waals surface area contributed by atoms with Crippen molar-refractivity contribution >= 4 is 35.0 Å². The summed E-state index contributed by atoms with van der Waals surface area (Å²) < 4.78 is 11.8. The van der Waals surface area contributed by atoms with Gasteiger partial charge in [0.05, 0.1) is 24.8 Å². The SMILES string of the molecule is COc1ccccc1NC(=O)c1ccc(NC(=O)CSc2nnc(-c3ccco3)n2N)cc1. The van der Waals surface area contributed by atoms with E-state index in [-0.39, 0.29) is 17.6 Å². The minimum absolute atomic E-state index is 0.0729. The molecule has 10 nitrogen and oxygen atoms in total. The number of para-hydroxylation sites is 2. The second-order valence-electron chi connectivity index (χ2n) is 6.72. The Morgan fingerprint density at radius 3 is 2.58 bits per heavy atom. The number of carbonyl (C=O) groups excluding carboxylic acids is 2. The molecule has 0 bridgehead atoms. The highest BCUT2D eigenvalue weighted by molar-refractivity contribution is 7.99. The highest BCUT2D eigenvalue weighted by Gasteiger charge is 2.16. The quantitative estimate of drug-likeness (QED) is 0.267. The van der Waals surface area contributed by atoms with E-state index in [1.165, 1.54) is 18.0 Å². The maximum Gasteiger partial charge on any atom is 0.255 e. The minimum Gasteiger partial charge on any atom is -0.495 e. The van der Waals surface area contributed by atoms with E-state index in [1.807, 2.05) is 6.07 Å². The van der Waals surface area contributed by atoms with Crippen LogP contribution in [0.3, 0.4) is 0 Å². The van der Waals surface area contributed by atoms with Crippen LogP contribution in [0.5, 0.6) is 5.75 Å². The van der Waals surface area contributed by atoms with Gasteiger partial charge in [0.15, 0.2) is 5.76 Å². The third-order valence-corrected chi connectivity index (χ3v) is 5.47. The van der Waals surface area contributed by atoms with E-state index >= 15 is 0 Å². The van der Waals surface area contributed by atoms with Crippen molar-refractivity contribution < 1.29 is 18.7 Å². The fourth-order valence-electron chi connectivity index (χ4n) is 2.92. The number of benzene rings is 2. The van der Waals surface area contributed by atoms with Crippen molar-refractivity contribution in [2.75, 3.05) is 29.3 Å². The number of furan rings is 1. The molecular weight excluding hydrogens is 444 g/mol. The van der Waals surface area contributed by atoms with Crippen molar-refractivity contribution in [2.45, 2.75) is 5.16 Å². The van der Waals surface area contributed by atoms with Gasteiger partial charge in [0.25, 0.3) is 5.91 Å². The first-order valence-corrected chi connectivity index (χ1v) is 10.7. The van der Waals surface area contributed by atoms with Crippen LogP contribution >= 0.6 is 11.8 Å². The summed E-state index contributed by atoms with van der Waals surface area (Å²) in [7, 11) is 1.54. The Bertz CT molecular complexity index is 1250. The molecule has 4 rings (SSSR count). The van der Waals surface area contributed by atoms with Crippen LogP contribution in [0.15, 0.2) is 76.5 Å². The molecule has 0 aliphatic rings. The fraction of sp³-hybridized carbons (Fsp3) is 0.0909. The van der Waals surface area contributed by atoms with Crippen molar-refractivity contribution in [3.63, 3.8) is 0 Å². The third-order valence-electron chi connectivity index (χ3n) is 4.52. The standard InChI is InChI=1S/C22H20N6O4S/c1-31-17-6-3-2-5-16(17)25-21(30)14-8-10-15(11-9-14)24-19(29)13-33-22-27-26-20(28(22)23)18-7-4-12-32-18/h2-12H,13,23H2,1H3,(H,24,29)(H,25,30). The number of nitrogen functional groups attached to an aromatic ring is 1. The molecule has 0 spiro atoms. The molecule has 0 saturated heterocycles. The van der Waals surface area contributed by atoms with Crippen LogP contribution in [0.4, 0.5) is 11.4 Å². The van der Waals surface area contributed by atoms with Gasteiger partial charge in [-0.3, -0.25) is 9.59 Å². The second-order valence-corrected chi connectivity index (χ2v) is 7.66. The summed E-state index contributed by atoms with van der Waals surface area (Å²) in [5.41, 5.74) is 1.57. The number of hydrogen-bond acceptors (Lipinski definition) is 8. The Labute approximate surface area is 193 Å². The van der Waals surface area contributed by atoms with Gasteiger partial charge in [-0.15, -0.1) is 10.2 Å². The molecule has 4 N–H and O–H groups in total. The third kappa shape index (κ3) is 5.15. The van der Waals surface area contributed by atoms with E-state index in [4.69, 9.17) is 15.0 Å². The number of nitrogens with two attached hydrogens (primary N) is 1. The van der Waals surface area contributed by atoms with E-state index in [0.29, 0.717) is 39.4 Å². The van der Waals surface area contributed by atoms with Crippen LogP contribution in [0.25, 0.3) is 11.6 Å². The number of nitrogens with one attached hydrogen (secondary N) is 2. The van der Waals surface area contributed by atoms with E-state index in [9.17, 15) is 9.59 Å². The molecule has 0 fully saturated rings. The predicted octanol–water partition coefficient (Wildman–Crippen LogP) is 3.24.